The predicted molar refractivity (Wildman–Crippen MR) is 93.5 cm³/mol. The van der Waals surface area contributed by atoms with Gasteiger partial charge in [-0.3, -0.25) is 9.59 Å². The van der Waals surface area contributed by atoms with Crippen LogP contribution in [0.3, 0.4) is 0 Å². The van der Waals surface area contributed by atoms with Crippen LogP contribution in [0.25, 0.3) is 0 Å². The summed E-state index contributed by atoms with van der Waals surface area (Å²) >= 11 is 0. The smallest absolute Gasteiger partial charge is 0.260 e. The second-order valence-corrected chi connectivity index (χ2v) is 5.46. The van der Waals surface area contributed by atoms with E-state index in [-0.39, 0.29) is 37.4 Å². The fourth-order valence-electron chi connectivity index (χ4n) is 2.36. The Labute approximate surface area is 147 Å². The van der Waals surface area contributed by atoms with Gasteiger partial charge in [-0.25, -0.2) is 0 Å². The van der Waals surface area contributed by atoms with E-state index in [0.29, 0.717) is 11.4 Å². The van der Waals surface area contributed by atoms with Gasteiger partial charge in [0, 0.05) is 32.0 Å². The van der Waals surface area contributed by atoms with Crippen LogP contribution in [0.5, 0.6) is 5.75 Å². The number of benzene rings is 1. The summed E-state index contributed by atoms with van der Waals surface area (Å²) in [5.74, 6) is 0.173. The number of nitrogens with one attached hydrogen (secondary N) is 1. The Kier molecular flexibility index (Phi) is 8.53. The lowest BCUT2D eigenvalue weighted by Crippen LogP contribution is -2.39. The van der Waals surface area contributed by atoms with Crippen LogP contribution in [0.2, 0.25) is 0 Å². The number of nitrogens with zero attached hydrogens (tertiary/aromatic N) is 1. The maximum Gasteiger partial charge on any atom is 0.260 e. The van der Waals surface area contributed by atoms with Crippen LogP contribution >= 0.6 is 12.4 Å². The summed E-state index contributed by atoms with van der Waals surface area (Å²) in [6.07, 6.45) is 2.10. The van der Waals surface area contributed by atoms with Crippen molar-refractivity contribution in [2.75, 3.05) is 38.7 Å². The van der Waals surface area contributed by atoms with Crippen molar-refractivity contribution in [3.05, 3.63) is 24.3 Å². The lowest BCUT2D eigenvalue weighted by molar-refractivity contribution is -0.132. The Balaban J connectivity index is 0.00000288. The minimum atomic E-state index is -0.735. The number of carbonyl (C=O) groups is 2. The van der Waals surface area contributed by atoms with Crippen LogP contribution < -0.4 is 15.8 Å². The molecule has 1 unspecified atom stereocenters. The number of nitrogens with two attached hydrogens (primary N) is 1. The highest BCUT2D eigenvalue weighted by Gasteiger charge is 2.18. The van der Waals surface area contributed by atoms with Crippen LogP contribution in [0.1, 0.15) is 12.8 Å². The van der Waals surface area contributed by atoms with Gasteiger partial charge in [-0.1, -0.05) is 6.07 Å². The molecule has 7 nitrogen and oxygen atoms in total. The summed E-state index contributed by atoms with van der Waals surface area (Å²) in [5, 5.41) is 2.69. The Morgan fingerprint density at radius 1 is 1.33 bits per heavy atom. The standard InChI is InChI=1S/C16H23N3O4.ClH/c1-22-10-14(17)16(21)18-12-5-4-6-13(9-12)23-11-15(20)19-7-2-3-8-19;/h4-6,9,14H,2-3,7-8,10-11,17H2,1H3,(H,18,21);1H. The second-order valence-electron chi connectivity index (χ2n) is 5.46. The number of methoxy groups -OCH3 is 1. The monoisotopic (exact) mass is 357 g/mol. The molecule has 1 fully saturated rings. The van der Waals surface area contributed by atoms with Crippen LogP contribution in [-0.2, 0) is 14.3 Å². The number of hydrogen-bond acceptors (Lipinski definition) is 5. The van der Waals surface area contributed by atoms with E-state index in [0.717, 1.165) is 25.9 Å². The van der Waals surface area contributed by atoms with Crippen molar-refractivity contribution in [3.63, 3.8) is 0 Å². The number of rotatable bonds is 7. The second kappa shape index (κ2) is 10.1. The topological polar surface area (TPSA) is 93.9 Å². The van der Waals surface area contributed by atoms with Gasteiger partial charge in [-0.15, -0.1) is 12.4 Å². The van der Waals surface area contributed by atoms with Gasteiger partial charge in [-0.2, -0.15) is 0 Å². The minimum Gasteiger partial charge on any atom is -0.484 e. The molecule has 1 saturated heterocycles. The first kappa shape index (κ1) is 20.2. The van der Waals surface area contributed by atoms with E-state index >= 15 is 0 Å². The third kappa shape index (κ3) is 5.99. The molecule has 134 valence electrons. The molecule has 0 bridgehead atoms. The third-order valence-electron chi connectivity index (χ3n) is 3.61. The Bertz CT molecular complexity index is 550. The van der Waals surface area contributed by atoms with E-state index in [4.69, 9.17) is 15.2 Å². The molecule has 1 aromatic carbocycles. The van der Waals surface area contributed by atoms with Crippen LogP contribution in [0.4, 0.5) is 5.69 Å². The maximum absolute atomic E-state index is 11.9. The molecule has 0 saturated carbocycles. The minimum absolute atomic E-state index is 0. The molecule has 3 N–H and O–H groups in total. The summed E-state index contributed by atoms with van der Waals surface area (Å²) in [4.78, 5) is 25.6. The van der Waals surface area contributed by atoms with Crippen molar-refractivity contribution in [1.29, 1.82) is 0 Å². The molecule has 1 aliphatic rings. The number of hydrogen-bond donors (Lipinski definition) is 2. The van der Waals surface area contributed by atoms with Gasteiger partial charge < -0.3 is 25.4 Å². The van der Waals surface area contributed by atoms with Crippen LogP contribution in [-0.4, -0.2) is 56.2 Å². The molecule has 24 heavy (non-hydrogen) atoms. The van der Waals surface area contributed by atoms with Crippen molar-refractivity contribution >= 4 is 29.9 Å². The number of amides is 2. The lowest BCUT2D eigenvalue weighted by atomic mass is 10.2. The van der Waals surface area contributed by atoms with Crippen LogP contribution in [0.15, 0.2) is 24.3 Å². The predicted octanol–water partition coefficient (Wildman–Crippen LogP) is 1.02. The lowest BCUT2D eigenvalue weighted by Gasteiger charge is -2.16. The van der Waals surface area contributed by atoms with E-state index < -0.39 is 6.04 Å². The number of likely N-dealkylation sites (tertiary alicyclic amines) is 1. The van der Waals surface area contributed by atoms with E-state index in [1.165, 1.54) is 7.11 Å². The summed E-state index contributed by atoms with van der Waals surface area (Å²) in [7, 11) is 1.49. The summed E-state index contributed by atoms with van der Waals surface area (Å²) in [5.41, 5.74) is 6.23. The molecule has 1 aromatic rings. The molecule has 2 rings (SSSR count). The van der Waals surface area contributed by atoms with Gasteiger partial charge >= 0.3 is 0 Å². The van der Waals surface area contributed by atoms with Crippen molar-refractivity contribution in [2.24, 2.45) is 5.73 Å². The first-order chi connectivity index (χ1) is 11.1. The van der Waals surface area contributed by atoms with E-state index in [1.807, 2.05) is 0 Å². The van der Waals surface area contributed by atoms with Gasteiger partial charge in [0.1, 0.15) is 11.8 Å². The Hall–Kier alpha value is -1.83. The quantitative estimate of drug-likeness (QED) is 0.760. The fraction of sp³-hybridized carbons (Fsp3) is 0.500. The van der Waals surface area contributed by atoms with Crippen molar-refractivity contribution < 1.29 is 19.1 Å². The summed E-state index contributed by atoms with van der Waals surface area (Å²) in [6, 6.07) is 6.14. The molecular formula is C16H24ClN3O4. The van der Waals surface area contributed by atoms with Gasteiger partial charge in [-0.05, 0) is 25.0 Å². The average Bonchev–Trinajstić information content (AvgIpc) is 3.07. The molecule has 1 aliphatic heterocycles. The maximum atomic E-state index is 11.9. The summed E-state index contributed by atoms with van der Waals surface area (Å²) in [6.45, 7) is 1.75. The van der Waals surface area contributed by atoms with E-state index in [1.54, 1.807) is 29.2 Å². The molecule has 0 aromatic heterocycles. The summed E-state index contributed by atoms with van der Waals surface area (Å²) < 4.78 is 10.4. The molecule has 0 spiro atoms. The molecule has 8 heteroatoms. The van der Waals surface area contributed by atoms with E-state index in [2.05, 4.69) is 5.32 Å². The van der Waals surface area contributed by atoms with Crippen LogP contribution in [0, 0.1) is 0 Å². The third-order valence-corrected chi connectivity index (χ3v) is 3.61. The number of anilines is 1. The SMILES string of the molecule is COCC(N)C(=O)Nc1cccc(OCC(=O)N2CCCC2)c1.Cl. The number of halogens is 1. The Morgan fingerprint density at radius 3 is 2.71 bits per heavy atom. The highest BCUT2D eigenvalue weighted by Crippen LogP contribution is 2.18. The number of carbonyl (C=O) groups excluding carboxylic acids is 2. The zero-order valence-corrected chi connectivity index (χ0v) is 14.5. The van der Waals surface area contributed by atoms with Crippen molar-refractivity contribution in [2.45, 2.75) is 18.9 Å². The zero-order valence-electron chi connectivity index (χ0n) is 13.7. The zero-order chi connectivity index (χ0) is 16.7. The highest BCUT2D eigenvalue weighted by atomic mass is 35.5. The molecular weight excluding hydrogens is 334 g/mol. The first-order valence-corrected chi connectivity index (χ1v) is 7.66. The van der Waals surface area contributed by atoms with E-state index in [9.17, 15) is 9.59 Å². The molecule has 0 aliphatic carbocycles. The fourth-order valence-corrected chi connectivity index (χ4v) is 2.36. The normalized spacial score (nSPS) is 14.7. The molecule has 2 amide bonds. The van der Waals surface area contributed by atoms with Crippen molar-refractivity contribution in [3.8, 4) is 5.75 Å². The largest absolute Gasteiger partial charge is 0.484 e. The molecule has 0 radical (unpaired) electrons. The Morgan fingerprint density at radius 2 is 2.04 bits per heavy atom. The van der Waals surface area contributed by atoms with Gasteiger partial charge in [0.25, 0.3) is 5.91 Å². The van der Waals surface area contributed by atoms with Gasteiger partial charge in [0.15, 0.2) is 6.61 Å². The molecule has 1 heterocycles. The first-order valence-electron chi connectivity index (χ1n) is 7.66. The van der Waals surface area contributed by atoms with Gasteiger partial charge in [0.2, 0.25) is 5.91 Å². The molecule has 1 atom stereocenters. The number of ether oxygens (including phenoxy) is 2. The van der Waals surface area contributed by atoms with Gasteiger partial charge in [0.05, 0.1) is 6.61 Å². The van der Waals surface area contributed by atoms with Crippen molar-refractivity contribution in [1.82, 2.24) is 4.90 Å². The average molecular weight is 358 g/mol. The highest BCUT2D eigenvalue weighted by molar-refractivity contribution is 5.94.